The molecule has 0 aliphatic rings. The smallest absolute Gasteiger partial charge is 0.308 e. The Morgan fingerprint density at radius 3 is 1.00 bits per heavy atom. The topological polar surface area (TPSA) is 115 Å². The van der Waals surface area contributed by atoms with Crippen molar-refractivity contribution >= 4 is 11.9 Å². The lowest BCUT2D eigenvalue weighted by molar-refractivity contribution is -0.146. The predicted octanol–water partition coefficient (Wildman–Crippen LogP) is 3.65. The first kappa shape index (κ1) is 28.7. The molecule has 0 amide bonds. The molecule has 0 aromatic heterocycles. The van der Waals surface area contributed by atoms with E-state index in [1.165, 1.54) is 0 Å². The van der Waals surface area contributed by atoms with Gasteiger partial charge in [-0.2, -0.15) is 0 Å². The van der Waals surface area contributed by atoms with E-state index in [1.54, 1.807) is 41.5 Å². The molecule has 0 radical (unpaired) electrons. The van der Waals surface area contributed by atoms with E-state index >= 15 is 0 Å². The number of hydrogen-bond acceptors (Lipinski definition) is 4. The van der Waals surface area contributed by atoms with Crippen LogP contribution in [0.1, 0.15) is 74.7 Å². The van der Waals surface area contributed by atoms with Gasteiger partial charge in [0.25, 0.3) is 0 Å². The van der Waals surface area contributed by atoms with E-state index in [0.29, 0.717) is 11.8 Å². The highest BCUT2D eigenvalue weighted by Crippen LogP contribution is 2.17. The molecule has 2 atom stereocenters. The molecule has 6 heteroatoms. The number of aliphatic carboxylic acids is 2. The first-order valence-electron chi connectivity index (χ1n) is 8.85. The van der Waals surface area contributed by atoms with Gasteiger partial charge in [-0.25, -0.2) is 0 Å². The van der Waals surface area contributed by atoms with Crippen molar-refractivity contribution in [1.82, 2.24) is 0 Å². The van der Waals surface area contributed by atoms with Gasteiger partial charge in [-0.15, -0.1) is 0 Å². The molecule has 0 aliphatic heterocycles. The number of aliphatic hydroxyl groups excluding tert-OH is 2. The zero-order valence-corrected chi connectivity index (χ0v) is 17.3. The van der Waals surface area contributed by atoms with Gasteiger partial charge in [0, 0.05) is 13.2 Å². The molecular weight excluding hydrogens is 324 g/mol. The highest BCUT2D eigenvalue weighted by molar-refractivity contribution is 5.73. The summed E-state index contributed by atoms with van der Waals surface area (Å²) in [5.41, 5.74) is -1.17. The molecule has 0 aromatic carbocycles. The zero-order chi connectivity index (χ0) is 20.8. The van der Waals surface area contributed by atoms with Gasteiger partial charge in [-0.05, 0) is 59.8 Å². The third-order valence-electron chi connectivity index (χ3n) is 3.62. The Hall–Kier alpha value is -1.14. The van der Waals surface area contributed by atoms with Crippen LogP contribution in [-0.4, -0.2) is 45.6 Å². The molecule has 0 heterocycles. The van der Waals surface area contributed by atoms with E-state index in [9.17, 15) is 9.59 Å². The van der Waals surface area contributed by atoms with Crippen molar-refractivity contribution < 1.29 is 30.0 Å². The lowest BCUT2D eigenvalue weighted by atomic mass is 9.92. The van der Waals surface area contributed by atoms with Crippen molar-refractivity contribution in [3.8, 4) is 0 Å². The van der Waals surface area contributed by atoms with Crippen LogP contribution in [0.4, 0.5) is 0 Å². The van der Waals surface area contributed by atoms with Gasteiger partial charge in [0.1, 0.15) is 0 Å². The van der Waals surface area contributed by atoms with Crippen LogP contribution in [0, 0.1) is 22.7 Å². The molecule has 6 nitrogen and oxygen atoms in total. The minimum atomic E-state index is -0.757. The normalized spacial score (nSPS) is 13.5. The van der Waals surface area contributed by atoms with Gasteiger partial charge < -0.3 is 20.4 Å². The summed E-state index contributed by atoms with van der Waals surface area (Å²) in [6.45, 7) is 14.6. The first-order valence-corrected chi connectivity index (χ1v) is 8.85. The van der Waals surface area contributed by atoms with Crippen LogP contribution in [0.5, 0.6) is 0 Å². The first-order chi connectivity index (χ1) is 11.2. The third kappa shape index (κ3) is 19.0. The largest absolute Gasteiger partial charge is 0.481 e. The van der Waals surface area contributed by atoms with Gasteiger partial charge in [0.15, 0.2) is 0 Å². The van der Waals surface area contributed by atoms with E-state index in [4.69, 9.17) is 20.4 Å². The second-order valence-corrected chi connectivity index (χ2v) is 8.26. The summed E-state index contributed by atoms with van der Waals surface area (Å²) in [5, 5.41) is 34.3. The highest BCUT2D eigenvalue weighted by Gasteiger charge is 2.19. The van der Waals surface area contributed by atoms with E-state index < -0.39 is 22.8 Å². The van der Waals surface area contributed by atoms with E-state index in [2.05, 4.69) is 13.8 Å². The average molecular weight is 365 g/mol. The van der Waals surface area contributed by atoms with E-state index in [-0.39, 0.29) is 13.2 Å². The Morgan fingerprint density at radius 1 is 0.720 bits per heavy atom. The molecular formula is C19H40O6. The Kier molecular flexibility index (Phi) is 16.1. The van der Waals surface area contributed by atoms with Gasteiger partial charge in [0.05, 0.1) is 10.8 Å². The number of carboxylic acids is 2. The van der Waals surface area contributed by atoms with Crippen LogP contribution in [0.2, 0.25) is 0 Å². The minimum Gasteiger partial charge on any atom is -0.481 e. The summed E-state index contributed by atoms with van der Waals surface area (Å²) in [4.78, 5) is 20.0. The second-order valence-electron chi connectivity index (χ2n) is 8.26. The Morgan fingerprint density at radius 2 is 0.920 bits per heavy atom. The number of hydrogen-bond donors (Lipinski definition) is 4. The fourth-order valence-electron chi connectivity index (χ4n) is 1.21. The zero-order valence-electron chi connectivity index (χ0n) is 17.3. The van der Waals surface area contributed by atoms with Crippen molar-refractivity contribution in [2.24, 2.45) is 22.7 Å². The molecule has 0 rings (SSSR count). The predicted molar refractivity (Wildman–Crippen MR) is 101 cm³/mol. The summed E-state index contributed by atoms with van der Waals surface area (Å²) in [7, 11) is 0. The number of carboxylic acid groups (broad SMARTS) is 2. The molecule has 152 valence electrons. The minimum absolute atomic E-state index is 0.257. The van der Waals surface area contributed by atoms with Crippen LogP contribution >= 0.6 is 0 Å². The summed E-state index contributed by atoms with van der Waals surface area (Å²) in [5.74, 6) is -0.751. The Bertz CT molecular complexity index is 310. The SMILES string of the molecule is CC(C)(C)C(=O)O.CC(C)(C)C(=O)O.CCC(CO)CC(CC)CO. The second kappa shape index (κ2) is 14.1. The van der Waals surface area contributed by atoms with Crippen molar-refractivity contribution in [1.29, 1.82) is 0 Å². The third-order valence-corrected chi connectivity index (χ3v) is 3.62. The molecule has 0 saturated heterocycles. The van der Waals surface area contributed by atoms with Crippen molar-refractivity contribution in [3.05, 3.63) is 0 Å². The maximum atomic E-state index is 10.0. The maximum Gasteiger partial charge on any atom is 0.308 e. The lowest BCUT2D eigenvalue weighted by Crippen LogP contribution is -2.18. The van der Waals surface area contributed by atoms with Gasteiger partial charge in [-0.3, -0.25) is 9.59 Å². The molecule has 0 aromatic rings. The molecule has 0 saturated carbocycles. The summed E-state index contributed by atoms with van der Waals surface area (Å²) in [6.07, 6.45) is 2.97. The standard InChI is InChI=1S/C9H20O2.2C5H10O2/c1-3-8(6-10)5-9(4-2)7-11;2*1-5(2,3)4(6)7/h8-11H,3-7H2,1-2H3;2*1-3H3,(H,6,7). The van der Waals surface area contributed by atoms with Crippen molar-refractivity contribution in [2.45, 2.75) is 74.7 Å². The highest BCUT2D eigenvalue weighted by atomic mass is 16.4. The Balaban J connectivity index is -0.000000304. The van der Waals surface area contributed by atoms with Crippen molar-refractivity contribution in [3.63, 3.8) is 0 Å². The number of aliphatic hydroxyl groups is 2. The quantitative estimate of drug-likeness (QED) is 0.572. The van der Waals surface area contributed by atoms with Crippen LogP contribution in [-0.2, 0) is 9.59 Å². The molecule has 0 bridgehead atoms. The summed E-state index contributed by atoms with van der Waals surface area (Å²) >= 11 is 0. The maximum absolute atomic E-state index is 10.0. The van der Waals surface area contributed by atoms with E-state index in [0.717, 1.165) is 19.3 Å². The van der Waals surface area contributed by atoms with Gasteiger partial charge in [0.2, 0.25) is 0 Å². The lowest BCUT2D eigenvalue weighted by Gasteiger charge is -2.17. The van der Waals surface area contributed by atoms with Gasteiger partial charge in [-0.1, -0.05) is 26.7 Å². The Labute approximate surface area is 153 Å². The summed E-state index contributed by atoms with van der Waals surface area (Å²) in [6, 6.07) is 0. The van der Waals surface area contributed by atoms with Crippen molar-refractivity contribution in [2.75, 3.05) is 13.2 Å². The summed E-state index contributed by atoms with van der Waals surface area (Å²) < 4.78 is 0. The molecule has 25 heavy (non-hydrogen) atoms. The fourth-order valence-corrected chi connectivity index (χ4v) is 1.21. The van der Waals surface area contributed by atoms with Crippen LogP contribution < -0.4 is 0 Å². The number of carbonyl (C=O) groups is 2. The average Bonchev–Trinajstić information content (AvgIpc) is 2.48. The van der Waals surface area contributed by atoms with Crippen LogP contribution in [0.3, 0.4) is 0 Å². The monoisotopic (exact) mass is 364 g/mol. The molecule has 0 fully saturated rings. The fraction of sp³-hybridized carbons (Fsp3) is 0.895. The molecule has 2 unspecified atom stereocenters. The number of rotatable bonds is 6. The van der Waals surface area contributed by atoms with Crippen LogP contribution in [0.15, 0.2) is 0 Å². The van der Waals surface area contributed by atoms with E-state index in [1.807, 2.05) is 0 Å². The van der Waals surface area contributed by atoms with Crippen LogP contribution in [0.25, 0.3) is 0 Å². The van der Waals surface area contributed by atoms with Gasteiger partial charge >= 0.3 is 11.9 Å². The molecule has 4 N–H and O–H groups in total. The molecule has 0 aliphatic carbocycles. The molecule has 0 spiro atoms.